The van der Waals surface area contributed by atoms with Crippen LogP contribution in [0.2, 0.25) is 0 Å². The van der Waals surface area contributed by atoms with Gasteiger partial charge in [0, 0.05) is 19.3 Å². The summed E-state index contributed by atoms with van der Waals surface area (Å²) in [5.74, 6) is -2.40. The first kappa shape index (κ1) is 10.8. The number of hydrogen-bond donors (Lipinski definition) is 1. The first-order valence-corrected chi connectivity index (χ1v) is 3.85. The molecule has 4 heteroatoms. The van der Waals surface area contributed by atoms with Crippen LogP contribution in [-0.4, -0.2) is 22.6 Å². The van der Waals surface area contributed by atoms with Crippen molar-refractivity contribution in [3.05, 3.63) is 0 Å². The van der Waals surface area contributed by atoms with E-state index in [1.807, 2.05) is 6.92 Å². The topological polar surface area (TPSA) is 71.4 Å². The van der Waals surface area contributed by atoms with Gasteiger partial charge in [0.15, 0.2) is 0 Å². The Hall–Kier alpha value is -1.19. The Morgan fingerprint density at radius 2 is 1.67 bits per heavy atom. The number of hydrogen-bond acceptors (Lipinski definition) is 3. The maximum absolute atomic E-state index is 10.8. The molecule has 1 N–H and O–H groups in total. The molecule has 0 radical (unpaired) electrons. The van der Waals surface area contributed by atoms with Crippen molar-refractivity contribution in [2.75, 3.05) is 0 Å². The van der Waals surface area contributed by atoms with Gasteiger partial charge in [0.1, 0.15) is 5.78 Å². The Labute approximate surface area is 70.6 Å². The van der Waals surface area contributed by atoms with Crippen molar-refractivity contribution in [2.24, 2.45) is 0 Å². The minimum absolute atomic E-state index is 0.0490. The number of rotatable bonds is 6. The lowest BCUT2D eigenvalue weighted by Crippen LogP contribution is -2.13. The Bertz CT molecular complexity index is 195. The fourth-order valence-electron chi connectivity index (χ4n) is 0.764. The molecule has 0 atom stereocenters. The summed E-state index contributed by atoms with van der Waals surface area (Å²) in [6.07, 6.45) is 1.04. The van der Waals surface area contributed by atoms with E-state index in [1.165, 1.54) is 0 Å². The molecule has 68 valence electrons. The van der Waals surface area contributed by atoms with Gasteiger partial charge in [0.2, 0.25) is 5.78 Å². The van der Waals surface area contributed by atoms with Crippen molar-refractivity contribution in [3.63, 3.8) is 0 Å². The number of Topliss-reactive ketones (excluding diaryl/α,β-unsaturated/α-hetero) is 2. The quantitative estimate of drug-likeness (QED) is 0.601. The molecule has 0 aromatic rings. The van der Waals surface area contributed by atoms with Gasteiger partial charge in [-0.05, 0) is 6.42 Å². The minimum Gasteiger partial charge on any atom is -0.476 e. The number of carbonyl (C=O) groups is 3. The molecule has 0 aromatic heterocycles. The van der Waals surface area contributed by atoms with Crippen LogP contribution in [0.4, 0.5) is 0 Å². The summed E-state index contributed by atoms with van der Waals surface area (Å²) in [5.41, 5.74) is 0. The Kier molecular flexibility index (Phi) is 4.92. The number of aliphatic carboxylic acids is 1. The summed E-state index contributed by atoms with van der Waals surface area (Å²) in [6, 6.07) is 0. The predicted molar refractivity (Wildman–Crippen MR) is 41.8 cm³/mol. The Morgan fingerprint density at radius 3 is 2.08 bits per heavy atom. The van der Waals surface area contributed by atoms with Gasteiger partial charge in [0.05, 0.1) is 0 Å². The van der Waals surface area contributed by atoms with E-state index < -0.39 is 11.8 Å². The van der Waals surface area contributed by atoms with E-state index in [4.69, 9.17) is 5.11 Å². The maximum Gasteiger partial charge on any atom is 0.372 e. The number of ketones is 2. The molecular weight excluding hydrogens is 160 g/mol. The fourth-order valence-corrected chi connectivity index (χ4v) is 0.764. The zero-order chi connectivity index (χ0) is 9.56. The summed E-state index contributed by atoms with van der Waals surface area (Å²) in [4.78, 5) is 31.3. The van der Waals surface area contributed by atoms with E-state index in [-0.39, 0.29) is 18.6 Å². The molecule has 0 heterocycles. The molecular formula is C8H12O4. The zero-order valence-electron chi connectivity index (χ0n) is 7.00. The van der Waals surface area contributed by atoms with Crippen molar-refractivity contribution < 1.29 is 19.5 Å². The molecule has 0 aliphatic rings. The van der Waals surface area contributed by atoms with Crippen molar-refractivity contribution in [1.82, 2.24) is 0 Å². The first-order valence-electron chi connectivity index (χ1n) is 3.85. The van der Waals surface area contributed by atoms with E-state index in [0.717, 1.165) is 6.42 Å². The molecule has 0 saturated heterocycles. The fraction of sp³-hybridized carbons (Fsp3) is 0.625. The van der Waals surface area contributed by atoms with Crippen LogP contribution >= 0.6 is 0 Å². The van der Waals surface area contributed by atoms with Crippen molar-refractivity contribution in [1.29, 1.82) is 0 Å². The van der Waals surface area contributed by atoms with Crippen LogP contribution in [0.25, 0.3) is 0 Å². The van der Waals surface area contributed by atoms with Gasteiger partial charge in [-0.3, -0.25) is 9.59 Å². The van der Waals surface area contributed by atoms with Gasteiger partial charge in [-0.2, -0.15) is 0 Å². The van der Waals surface area contributed by atoms with E-state index in [9.17, 15) is 14.4 Å². The highest BCUT2D eigenvalue weighted by Gasteiger charge is 2.12. The molecule has 0 spiro atoms. The third-order valence-corrected chi connectivity index (χ3v) is 1.40. The molecule has 0 saturated carbocycles. The third kappa shape index (κ3) is 4.60. The molecule has 4 nitrogen and oxygen atoms in total. The third-order valence-electron chi connectivity index (χ3n) is 1.40. The molecule has 0 aliphatic carbocycles. The average molecular weight is 172 g/mol. The van der Waals surface area contributed by atoms with Gasteiger partial charge in [-0.1, -0.05) is 6.92 Å². The normalized spacial score (nSPS) is 9.42. The first-order chi connectivity index (χ1) is 5.57. The molecule has 0 amide bonds. The van der Waals surface area contributed by atoms with E-state index in [2.05, 4.69) is 0 Å². The Morgan fingerprint density at radius 1 is 1.08 bits per heavy atom. The van der Waals surface area contributed by atoms with Crippen molar-refractivity contribution in [2.45, 2.75) is 32.6 Å². The average Bonchev–Trinajstić information content (AvgIpc) is 2.00. The van der Waals surface area contributed by atoms with Crippen LogP contribution < -0.4 is 0 Å². The highest BCUT2D eigenvalue weighted by Crippen LogP contribution is 1.98. The number of carboxylic acid groups (broad SMARTS) is 1. The highest BCUT2D eigenvalue weighted by atomic mass is 16.4. The van der Waals surface area contributed by atoms with Crippen molar-refractivity contribution >= 4 is 17.5 Å². The van der Waals surface area contributed by atoms with Crippen molar-refractivity contribution in [3.8, 4) is 0 Å². The predicted octanol–water partition coefficient (Wildman–Crippen LogP) is 0.789. The van der Waals surface area contributed by atoms with Crippen LogP contribution in [-0.2, 0) is 14.4 Å². The second kappa shape index (κ2) is 5.46. The van der Waals surface area contributed by atoms with Crippen LogP contribution in [0.3, 0.4) is 0 Å². The van der Waals surface area contributed by atoms with E-state index >= 15 is 0 Å². The van der Waals surface area contributed by atoms with Crippen LogP contribution in [0.15, 0.2) is 0 Å². The highest BCUT2D eigenvalue weighted by molar-refractivity contribution is 6.32. The van der Waals surface area contributed by atoms with E-state index in [1.54, 1.807) is 0 Å². The lowest BCUT2D eigenvalue weighted by Gasteiger charge is -1.95. The summed E-state index contributed by atoms with van der Waals surface area (Å²) in [5, 5.41) is 8.16. The van der Waals surface area contributed by atoms with Gasteiger partial charge in [0.25, 0.3) is 0 Å². The zero-order valence-corrected chi connectivity index (χ0v) is 7.00. The summed E-state index contributed by atoms with van der Waals surface area (Å²) in [7, 11) is 0. The lowest BCUT2D eigenvalue weighted by molar-refractivity contribution is -0.149. The van der Waals surface area contributed by atoms with Crippen LogP contribution in [0, 0.1) is 0 Å². The minimum atomic E-state index is -1.46. The smallest absolute Gasteiger partial charge is 0.372 e. The summed E-state index contributed by atoms with van der Waals surface area (Å²) >= 11 is 0. The number of carbonyl (C=O) groups excluding carboxylic acids is 2. The number of carboxylic acids is 1. The van der Waals surface area contributed by atoms with Gasteiger partial charge in [-0.15, -0.1) is 0 Å². The van der Waals surface area contributed by atoms with Gasteiger partial charge < -0.3 is 5.11 Å². The molecule has 12 heavy (non-hydrogen) atoms. The second-order valence-corrected chi connectivity index (χ2v) is 2.52. The monoisotopic (exact) mass is 172 g/mol. The van der Waals surface area contributed by atoms with Gasteiger partial charge >= 0.3 is 5.97 Å². The van der Waals surface area contributed by atoms with Gasteiger partial charge in [-0.25, -0.2) is 4.79 Å². The van der Waals surface area contributed by atoms with Crippen LogP contribution in [0.1, 0.15) is 32.6 Å². The lowest BCUT2D eigenvalue weighted by atomic mass is 10.1. The molecule has 0 unspecified atom stereocenters. The second-order valence-electron chi connectivity index (χ2n) is 2.52. The van der Waals surface area contributed by atoms with Crippen LogP contribution in [0.5, 0.6) is 0 Å². The summed E-state index contributed by atoms with van der Waals surface area (Å²) in [6.45, 7) is 1.86. The molecule has 0 aliphatic heterocycles. The molecule has 0 fully saturated rings. The Balaban J connectivity index is 3.61. The molecule has 0 bridgehead atoms. The van der Waals surface area contributed by atoms with E-state index in [0.29, 0.717) is 6.42 Å². The molecule has 0 rings (SSSR count). The maximum atomic E-state index is 10.8. The SMILES string of the molecule is CCCC(=O)CCC(=O)C(=O)O. The standard InChI is InChI=1S/C8H12O4/c1-2-3-6(9)4-5-7(10)8(11)12/h2-5H2,1H3,(H,11,12). The largest absolute Gasteiger partial charge is 0.476 e. The molecule has 0 aromatic carbocycles. The summed E-state index contributed by atoms with van der Waals surface area (Å²) < 4.78 is 0.